The van der Waals surface area contributed by atoms with Crippen molar-refractivity contribution in [2.45, 2.75) is 0 Å². The Hall–Kier alpha value is 1.26. The maximum Gasteiger partial charge on any atom is 2.00 e. The van der Waals surface area contributed by atoms with Crippen molar-refractivity contribution < 1.29 is 47.3 Å². The Balaban J connectivity index is -0.0000000383. The van der Waals surface area contributed by atoms with Crippen LogP contribution in [-0.2, 0) is 29.9 Å². The molecule has 0 bridgehead atoms. The SMILES string of the molecule is O=S(=O)(O)O.O=[N+]([O-])O.[Ba+2].[Zn]. The van der Waals surface area contributed by atoms with Crippen molar-refractivity contribution in [3.63, 3.8) is 0 Å². The first-order valence-corrected chi connectivity index (χ1v) is 2.66. The molecule has 0 rings (SSSR count). The third kappa shape index (κ3) is 604. The molecule has 8 nitrogen and oxygen atoms in total. The van der Waals surface area contributed by atoms with Crippen LogP contribution < -0.4 is 0 Å². The standard InChI is InChI=1S/Ba.HNO3.H2O4S.Zn/c;2-1(3)4;1-5(2,3)4;/h;(H,2,3,4);(H2,1,2,3,4);/q+2;;;. The number of rotatable bonds is 0. The van der Waals surface area contributed by atoms with E-state index in [1.807, 2.05) is 0 Å². The Morgan fingerprint density at radius 3 is 1.27 bits per heavy atom. The van der Waals surface area contributed by atoms with Gasteiger partial charge in [0.05, 0.1) is 0 Å². The van der Waals surface area contributed by atoms with Gasteiger partial charge in [-0.25, -0.2) is 0 Å². The fraction of sp³-hybridized carbons (Fsp3) is 0. The predicted molar refractivity (Wildman–Crippen MR) is 28.7 cm³/mol. The van der Waals surface area contributed by atoms with Gasteiger partial charge >= 0.3 is 59.3 Å². The van der Waals surface area contributed by atoms with Crippen molar-refractivity contribution in [3.05, 3.63) is 10.1 Å². The zero-order chi connectivity index (χ0) is 8.08. The Bertz CT molecular complexity index is 161. The average molecular weight is 364 g/mol. The average Bonchev–Trinajstić information content (AvgIpc) is 1.19. The van der Waals surface area contributed by atoms with E-state index in [2.05, 4.69) is 0 Å². The molecule has 3 N–H and O–H groups in total. The third-order valence-electron chi connectivity index (χ3n) is 0. The van der Waals surface area contributed by atoms with E-state index in [9.17, 15) is 0 Å². The summed E-state index contributed by atoms with van der Waals surface area (Å²) in [7, 11) is -4.67. The van der Waals surface area contributed by atoms with Gasteiger partial charge in [0.1, 0.15) is 0 Å². The minimum atomic E-state index is -4.67. The first-order valence-electron chi connectivity index (χ1n) is 1.26. The largest absolute Gasteiger partial charge is 2.00 e. The Morgan fingerprint density at radius 1 is 1.27 bits per heavy atom. The van der Waals surface area contributed by atoms with Crippen LogP contribution in [0, 0.1) is 10.1 Å². The molecule has 0 aromatic carbocycles. The minimum absolute atomic E-state index is 0. The molecule has 0 aromatic rings. The smallest absolute Gasteiger partial charge is 0.328 e. The maximum absolute atomic E-state index is 8.74. The van der Waals surface area contributed by atoms with Gasteiger partial charge in [-0.05, 0) is 0 Å². The summed E-state index contributed by atoms with van der Waals surface area (Å²) in [6.45, 7) is 0. The first kappa shape index (κ1) is 22.8. The van der Waals surface area contributed by atoms with Crippen LogP contribution >= 0.6 is 0 Å². The molecule has 0 fully saturated rings. The predicted octanol–water partition coefficient (Wildman–Crippen LogP) is -1.38. The summed E-state index contributed by atoms with van der Waals surface area (Å²) >= 11 is 0. The van der Waals surface area contributed by atoms with Crippen LogP contribution in [0.5, 0.6) is 0 Å². The molecule has 0 aliphatic heterocycles. The third-order valence-corrected chi connectivity index (χ3v) is 0. The van der Waals surface area contributed by atoms with E-state index in [0.717, 1.165) is 0 Å². The molecule has 0 aliphatic carbocycles. The van der Waals surface area contributed by atoms with Crippen molar-refractivity contribution in [1.82, 2.24) is 0 Å². The molecule has 0 amide bonds. The van der Waals surface area contributed by atoms with Gasteiger partial charge in [-0.15, -0.1) is 10.1 Å². The van der Waals surface area contributed by atoms with Crippen LogP contribution in [0.3, 0.4) is 0 Å². The van der Waals surface area contributed by atoms with Crippen molar-refractivity contribution in [2.75, 3.05) is 0 Å². The topological polar surface area (TPSA) is 138 Å². The van der Waals surface area contributed by atoms with Gasteiger partial charge in [0.2, 0.25) is 0 Å². The summed E-state index contributed by atoms with van der Waals surface area (Å²) in [5.74, 6) is 0. The van der Waals surface area contributed by atoms with E-state index in [1.165, 1.54) is 0 Å². The van der Waals surface area contributed by atoms with Gasteiger partial charge in [0.15, 0.2) is 0 Å². The summed E-state index contributed by atoms with van der Waals surface area (Å²) in [5.41, 5.74) is 0. The molecule has 0 unspecified atom stereocenters. The summed E-state index contributed by atoms with van der Waals surface area (Å²) in [6.07, 6.45) is 0. The van der Waals surface area contributed by atoms with Gasteiger partial charge in [-0.3, -0.25) is 9.11 Å². The van der Waals surface area contributed by atoms with Crippen molar-refractivity contribution in [3.8, 4) is 0 Å². The molecule has 0 radical (unpaired) electrons. The van der Waals surface area contributed by atoms with E-state index in [4.69, 9.17) is 32.8 Å². The van der Waals surface area contributed by atoms with E-state index < -0.39 is 15.5 Å². The van der Waals surface area contributed by atoms with Gasteiger partial charge < -0.3 is 5.21 Å². The Morgan fingerprint density at radius 2 is 1.27 bits per heavy atom. The Labute approximate surface area is 115 Å². The summed E-state index contributed by atoms with van der Waals surface area (Å²) < 4.78 is 31.6. The fourth-order valence-corrected chi connectivity index (χ4v) is 0. The number of hydrogen-bond acceptors (Lipinski definition) is 4. The minimum Gasteiger partial charge on any atom is -0.328 e. The second kappa shape index (κ2) is 11.3. The van der Waals surface area contributed by atoms with E-state index in [-0.39, 0.29) is 68.4 Å². The van der Waals surface area contributed by atoms with Gasteiger partial charge in [-0.1, -0.05) is 0 Å². The number of hydrogen-bond donors (Lipinski definition) is 3. The molecule has 0 aromatic heterocycles. The molecule has 0 saturated heterocycles. The van der Waals surface area contributed by atoms with Crippen molar-refractivity contribution >= 4 is 59.3 Å². The zero-order valence-electron chi connectivity index (χ0n) is 5.24. The summed E-state index contributed by atoms with van der Waals surface area (Å²) in [5, 5.41) is 13.6. The summed E-state index contributed by atoms with van der Waals surface area (Å²) in [4.78, 5) is 8.36. The molecule has 58 valence electrons. The second-order valence-electron chi connectivity index (χ2n) is 0.686. The van der Waals surface area contributed by atoms with Gasteiger partial charge in [-0.2, -0.15) is 8.42 Å². The Kier molecular flexibility index (Phi) is 23.3. The molecule has 11 heteroatoms. The molecule has 0 heterocycles. The molecular formula is H3BaNO7SZn+2. The van der Waals surface area contributed by atoms with Crippen LogP contribution in [0.4, 0.5) is 0 Å². The molecule has 0 spiro atoms. The summed E-state index contributed by atoms with van der Waals surface area (Å²) in [6, 6.07) is 0. The van der Waals surface area contributed by atoms with E-state index in [1.54, 1.807) is 0 Å². The zero-order valence-corrected chi connectivity index (χ0v) is 13.5. The monoisotopic (exact) mass is 363 g/mol. The normalized spacial score (nSPS) is 7.45. The van der Waals surface area contributed by atoms with Crippen LogP contribution in [0.15, 0.2) is 0 Å². The van der Waals surface area contributed by atoms with Crippen molar-refractivity contribution in [1.29, 1.82) is 0 Å². The van der Waals surface area contributed by atoms with Gasteiger partial charge in [0, 0.05) is 19.5 Å². The molecular weight excluding hydrogens is 361 g/mol. The van der Waals surface area contributed by atoms with E-state index >= 15 is 0 Å². The first-order chi connectivity index (χ1) is 3.73. The van der Waals surface area contributed by atoms with Crippen LogP contribution in [-0.4, -0.2) is 76.7 Å². The quantitative estimate of drug-likeness (QED) is 0.208. The molecule has 0 aliphatic rings. The molecule has 0 atom stereocenters. The molecule has 0 saturated carbocycles. The van der Waals surface area contributed by atoms with Crippen LogP contribution in [0.25, 0.3) is 0 Å². The van der Waals surface area contributed by atoms with Crippen molar-refractivity contribution in [2.24, 2.45) is 0 Å². The fourth-order valence-electron chi connectivity index (χ4n) is 0. The molecule has 11 heavy (non-hydrogen) atoms. The second-order valence-corrected chi connectivity index (χ2v) is 1.58. The maximum atomic E-state index is 8.74. The van der Waals surface area contributed by atoms with Gasteiger partial charge in [0.25, 0.3) is 5.09 Å². The number of nitrogens with zero attached hydrogens (tertiary/aromatic N) is 1. The van der Waals surface area contributed by atoms with E-state index in [0.29, 0.717) is 0 Å². The van der Waals surface area contributed by atoms with Crippen LogP contribution in [0.1, 0.15) is 0 Å². The van der Waals surface area contributed by atoms with Crippen LogP contribution in [0.2, 0.25) is 0 Å².